The molecule has 40 heavy (non-hydrogen) atoms. The molecule has 2 heterocycles. The maximum atomic E-state index is 14.9. The number of benzene rings is 3. The van der Waals surface area contributed by atoms with E-state index >= 15 is 0 Å². The van der Waals surface area contributed by atoms with Gasteiger partial charge < -0.3 is 15.5 Å². The number of H-pyrrole nitrogens is 1. The van der Waals surface area contributed by atoms with E-state index in [-0.39, 0.29) is 22.5 Å². The fourth-order valence-corrected chi connectivity index (χ4v) is 4.68. The first-order valence-corrected chi connectivity index (χ1v) is 12.3. The second-order valence-electron chi connectivity index (χ2n) is 9.44. The molecule has 9 nitrogen and oxygen atoms in total. The summed E-state index contributed by atoms with van der Waals surface area (Å²) < 4.78 is 39.9. The Bertz CT molecular complexity index is 1920. The molecule has 0 amide bonds. The van der Waals surface area contributed by atoms with Crippen LogP contribution in [0.3, 0.4) is 0 Å². The summed E-state index contributed by atoms with van der Waals surface area (Å²) in [6, 6.07) is 10.6. The van der Waals surface area contributed by atoms with Gasteiger partial charge in [-0.2, -0.15) is 0 Å². The Morgan fingerprint density at radius 1 is 1.12 bits per heavy atom. The highest BCUT2D eigenvalue weighted by Gasteiger charge is 2.23. The number of hydrogen-bond acceptors (Lipinski definition) is 8. The lowest BCUT2D eigenvalue weighted by Gasteiger charge is -2.20. The van der Waals surface area contributed by atoms with E-state index in [2.05, 4.69) is 25.0 Å². The molecule has 5 rings (SSSR count). The lowest BCUT2D eigenvalue weighted by atomic mass is 9.98. The molecule has 0 aliphatic carbocycles. The van der Waals surface area contributed by atoms with Crippen LogP contribution in [0.4, 0.5) is 20.2 Å². The van der Waals surface area contributed by atoms with Crippen molar-refractivity contribution in [3.05, 3.63) is 97.1 Å². The number of hydrogen-bond donors (Lipinski definition) is 3. The number of nitrogen functional groups attached to an aromatic ring is 1. The van der Waals surface area contributed by atoms with Gasteiger partial charge in [-0.25, -0.2) is 13.6 Å². The van der Waals surface area contributed by atoms with Gasteiger partial charge in [0.05, 0.1) is 17.0 Å². The summed E-state index contributed by atoms with van der Waals surface area (Å²) in [6.45, 7) is 5.32. The van der Waals surface area contributed by atoms with Crippen LogP contribution in [0.2, 0.25) is 0 Å². The van der Waals surface area contributed by atoms with Gasteiger partial charge >= 0.3 is 5.76 Å². The van der Waals surface area contributed by atoms with Crippen molar-refractivity contribution in [1.29, 1.82) is 0 Å². The monoisotopic (exact) mass is 545 g/mol. The number of aromatic nitrogens is 2. The molecule has 1 atom stereocenters. The summed E-state index contributed by atoms with van der Waals surface area (Å²) in [5, 5.41) is 7.04. The van der Waals surface area contributed by atoms with Crippen LogP contribution in [0.1, 0.15) is 35.2 Å². The van der Waals surface area contributed by atoms with Gasteiger partial charge in [0.15, 0.2) is 22.9 Å². The third-order valence-electron chi connectivity index (χ3n) is 6.62. The number of aryl methyl sites for hydroxylation is 1. The molecule has 0 aliphatic heterocycles. The molecule has 0 saturated heterocycles. The van der Waals surface area contributed by atoms with Crippen molar-refractivity contribution in [3.8, 4) is 22.7 Å². The Morgan fingerprint density at radius 2 is 1.90 bits per heavy atom. The van der Waals surface area contributed by atoms with E-state index in [0.717, 1.165) is 11.6 Å². The molecule has 5 aromatic rings. The lowest BCUT2D eigenvalue weighted by Crippen LogP contribution is -2.13. The highest BCUT2D eigenvalue weighted by Crippen LogP contribution is 2.36. The molecule has 3 aromatic carbocycles. The largest absolute Gasteiger partial charge is 0.455 e. The zero-order chi connectivity index (χ0) is 28.7. The van der Waals surface area contributed by atoms with Crippen molar-refractivity contribution >= 4 is 28.6 Å². The minimum Gasteiger partial charge on any atom is -0.455 e. The fourth-order valence-electron chi connectivity index (χ4n) is 4.68. The topological polar surface area (TPSA) is 140 Å². The minimum atomic E-state index is -1.21. The maximum absolute atomic E-state index is 14.9. The summed E-state index contributed by atoms with van der Waals surface area (Å²) in [5.41, 5.74) is 9.71. The van der Waals surface area contributed by atoms with Crippen LogP contribution in [0.5, 0.6) is 0 Å². The number of halogens is 2. The van der Waals surface area contributed by atoms with Crippen molar-refractivity contribution < 1.29 is 17.7 Å². The normalized spacial score (nSPS) is 12.3. The molecule has 2 aromatic heterocycles. The molecule has 0 aliphatic rings. The van der Waals surface area contributed by atoms with Crippen LogP contribution in [-0.2, 0) is 0 Å². The highest BCUT2D eigenvalue weighted by atomic mass is 19.2. The van der Waals surface area contributed by atoms with E-state index in [4.69, 9.17) is 10.2 Å². The summed E-state index contributed by atoms with van der Waals surface area (Å²) in [6.07, 6.45) is 1.62. The number of nitrogens with zero attached hydrogens (tertiary/aromatic N) is 2. The van der Waals surface area contributed by atoms with E-state index in [9.17, 15) is 18.4 Å². The average Bonchev–Trinajstić information content (AvgIpc) is 3.35. The maximum Gasteiger partial charge on any atom is 0.439 e. The first-order chi connectivity index (χ1) is 19.1. The van der Waals surface area contributed by atoms with Crippen LogP contribution in [0, 0.1) is 25.5 Å². The molecule has 0 fully saturated rings. The fraction of sp³-hybridized carbons (Fsp3) is 0.172. The predicted octanol–water partition coefficient (Wildman–Crippen LogP) is 5.50. The third kappa shape index (κ3) is 4.66. The Kier molecular flexibility index (Phi) is 6.80. The number of fused-ring (bicyclic) bond motifs is 1. The number of nitrogens with one attached hydrogen (secondary N) is 2. The second kappa shape index (κ2) is 10.3. The lowest BCUT2D eigenvalue weighted by molar-refractivity contribution is 0.387. The van der Waals surface area contributed by atoms with E-state index in [1.165, 1.54) is 6.07 Å². The van der Waals surface area contributed by atoms with E-state index in [0.29, 0.717) is 44.7 Å². The summed E-state index contributed by atoms with van der Waals surface area (Å²) in [7, 11) is 1.63. The molecule has 0 spiro atoms. The SMILES string of the molecule is CN=Cc1cc(-c2oc3c(C(C)Nc4ccc(F)c(F)c4-c4noc(=O)[nH]4)cc(C)cc3c(=O)c2C)ccc1N. The molecular weight excluding hydrogens is 520 g/mol. The van der Waals surface area contributed by atoms with Gasteiger partial charge in [0.25, 0.3) is 0 Å². The molecule has 11 heteroatoms. The van der Waals surface area contributed by atoms with Crippen LogP contribution >= 0.6 is 0 Å². The Balaban J connectivity index is 1.67. The zero-order valence-electron chi connectivity index (χ0n) is 22.1. The van der Waals surface area contributed by atoms with Gasteiger partial charge in [0, 0.05) is 46.9 Å². The van der Waals surface area contributed by atoms with Gasteiger partial charge in [-0.3, -0.25) is 19.3 Å². The van der Waals surface area contributed by atoms with Gasteiger partial charge in [-0.1, -0.05) is 11.2 Å². The number of aromatic amines is 1. The van der Waals surface area contributed by atoms with E-state index < -0.39 is 23.4 Å². The number of aliphatic imine (C=N–C) groups is 1. The van der Waals surface area contributed by atoms with Crippen molar-refractivity contribution in [2.45, 2.75) is 26.8 Å². The van der Waals surface area contributed by atoms with Crippen molar-refractivity contribution in [2.24, 2.45) is 4.99 Å². The molecule has 1 unspecified atom stereocenters. The molecule has 4 N–H and O–H groups in total. The average molecular weight is 546 g/mol. The summed E-state index contributed by atoms with van der Waals surface area (Å²) >= 11 is 0. The molecule has 0 radical (unpaired) electrons. The smallest absolute Gasteiger partial charge is 0.439 e. The highest BCUT2D eigenvalue weighted by molar-refractivity contribution is 5.90. The third-order valence-corrected chi connectivity index (χ3v) is 6.62. The van der Waals surface area contributed by atoms with Crippen molar-refractivity contribution in [3.63, 3.8) is 0 Å². The van der Waals surface area contributed by atoms with Gasteiger partial charge in [0.2, 0.25) is 0 Å². The number of rotatable bonds is 6. The quantitative estimate of drug-likeness (QED) is 0.189. The Hall–Kier alpha value is -5.06. The van der Waals surface area contributed by atoms with Crippen LogP contribution in [0.15, 0.2) is 66.0 Å². The van der Waals surface area contributed by atoms with Crippen LogP contribution < -0.4 is 22.2 Å². The Morgan fingerprint density at radius 3 is 2.60 bits per heavy atom. The van der Waals surface area contributed by atoms with Gasteiger partial charge in [-0.15, -0.1) is 0 Å². The van der Waals surface area contributed by atoms with E-state index in [1.54, 1.807) is 51.4 Å². The van der Waals surface area contributed by atoms with Crippen molar-refractivity contribution in [1.82, 2.24) is 10.1 Å². The first-order valence-electron chi connectivity index (χ1n) is 12.3. The molecular formula is C29H25F2N5O4. The molecule has 0 bridgehead atoms. The summed E-state index contributed by atoms with van der Waals surface area (Å²) in [4.78, 5) is 31.3. The van der Waals surface area contributed by atoms with Crippen LogP contribution in [0.25, 0.3) is 33.7 Å². The first kappa shape index (κ1) is 26.5. The number of anilines is 2. The minimum absolute atomic E-state index is 0.141. The zero-order valence-corrected chi connectivity index (χ0v) is 22.1. The Labute approximate surface area is 226 Å². The van der Waals surface area contributed by atoms with Gasteiger partial charge in [-0.05, 0) is 62.7 Å². The molecule has 204 valence electrons. The van der Waals surface area contributed by atoms with Gasteiger partial charge in [0.1, 0.15) is 11.3 Å². The number of nitrogens with two attached hydrogens (primary N) is 1. The van der Waals surface area contributed by atoms with Crippen molar-refractivity contribution in [2.75, 3.05) is 18.1 Å². The standard InChI is InChI=1S/C29H25F2N5O4/c1-13-9-18(15(3)34-22-8-6-20(30)24(31)23(22)28-35-29(38)40-36-28)27-19(10-13)25(37)14(2)26(39-27)16-5-7-21(32)17(11-16)12-33-4/h5-12,15,34H,32H2,1-4H3,(H,35,36,38). The second-order valence-corrected chi connectivity index (χ2v) is 9.44. The predicted molar refractivity (Wildman–Crippen MR) is 150 cm³/mol. The van der Waals surface area contributed by atoms with Crippen LogP contribution in [-0.4, -0.2) is 23.4 Å². The van der Waals surface area contributed by atoms with E-state index in [1.807, 2.05) is 13.0 Å². The summed E-state index contributed by atoms with van der Waals surface area (Å²) in [5.74, 6) is -3.16. The molecule has 0 saturated carbocycles.